The topological polar surface area (TPSA) is 70.6 Å². The first-order valence-electron chi connectivity index (χ1n) is 7.02. The van der Waals surface area contributed by atoms with E-state index < -0.39 is 6.10 Å². The Hall–Kier alpha value is -1.75. The molecule has 1 amide bonds. The van der Waals surface area contributed by atoms with E-state index in [-0.39, 0.29) is 24.5 Å². The van der Waals surface area contributed by atoms with Gasteiger partial charge >= 0.3 is 0 Å². The zero-order valence-electron chi connectivity index (χ0n) is 11.9. The second kappa shape index (κ2) is 6.61. The Labute approximate surface area is 119 Å². The number of aliphatic hydroxyl groups is 1. The average Bonchev–Trinajstić information content (AvgIpc) is 2.46. The molecule has 1 aliphatic rings. The number of amides is 1. The third-order valence-electron chi connectivity index (χ3n) is 3.50. The fourth-order valence-corrected chi connectivity index (χ4v) is 2.25. The number of ether oxygens (including phenoxy) is 1. The van der Waals surface area contributed by atoms with Crippen molar-refractivity contribution in [3.05, 3.63) is 24.3 Å². The van der Waals surface area contributed by atoms with Crippen LogP contribution in [0.25, 0.3) is 0 Å². The average molecular weight is 278 g/mol. The molecule has 2 rings (SSSR count). The number of rotatable bonds is 5. The Kier molecular flexibility index (Phi) is 4.84. The molecule has 1 aromatic rings. The van der Waals surface area contributed by atoms with Gasteiger partial charge < -0.3 is 20.5 Å². The Morgan fingerprint density at radius 1 is 1.50 bits per heavy atom. The lowest BCUT2D eigenvalue weighted by atomic mass is 10.0. The van der Waals surface area contributed by atoms with Crippen molar-refractivity contribution in [3.8, 4) is 5.75 Å². The second-order valence-electron chi connectivity index (χ2n) is 5.35. The van der Waals surface area contributed by atoms with Gasteiger partial charge in [-0.3, -0.25) is 4.79 Å². The second-order valence-corrected chi connectivity index (χ2v) is 5.35. The van der Waals surface area contributed by atoms with E-state index in [9.17, 15) is 4.79 Å². The van der Waals surface area contributed by atoms with Crippen molar-refractivity contribution in [1.29, 1.82) is 0 Å². The highest BCUT2D eigenvalue weighted by atomic mass is 16.5. The molecule has 0 spiro atoms. The van der Waals surface area contributed by atoms with E-state index in [2.05, 4.69) is 10.6 Å². The Balaban J connectivity index is 1.97. The van der Waals surface area contributed by atoms with Crippen molar-refractivity contribution in [3.63, 3.8) is 0 Å². The van der Waals surface area contributed by atoms with Crippen LogP contribution >= 0.6 is 0 Å². The molecular weight excluding hydrogens is 256 g/mol. The predicted molar refractivity (Wildman–Crippen MR) is 77.8 cm³/mol. The van der Waals surface area contributed by atoms with E-state index in [0.29, 0.717) is 18.7 Å². The molecule has 0 aliphatic carbocycles. The molecule has 5 heteroatoms. The van der Waals surface area contributed by atoms with E-state index in [1.165, 1.54) is 0 Å². The highest BCUT2D eigenvalue weighted by Crippen LogP contribution is 2.28. The fraction of sp³-hybridized carbons (Fsp3) is 0.533. The number of carbonyl (C=O) groups excluding carboxylic acids is 1. The highest BCUT2D eigenvalue weighted by molar-refractivity contribution is 5.83. The minimum Gasteiger partial charge on any atom is -0.477 e. The summed E-state index contributed by atoms with van der Waals surface area (Å²) in [5.74, 6) is 0.830. The Morgan fingerprint density at radius 3 is 2.95 bits per heavy atom. The summed E-state index contributed by atoms with van der Waals surface area (Å²) in [4.78, 5) is 12.2. The van der Waals surface area contributed by atoms with Crippen LogP contribution in [0.5, 0.6) is 5.75 Å². The Morgan fingerprint density at radius 2 is 2.25 bits per heavy atom. The van der Waals surface area contributed by atoms with Crippen LogP contribution < -0.4 is 15.4 Å². The lowest BCUT2D eigenvalue weighted by Gasteiger charge is -2.29. The van der Waals surface area contributed by atoms with Gasteiger partial charge in [0.25, 0.3) is 5.91 Å². The van der Waals surface area contributed by atoms with Crippen molar-refractivity contribution < 1.29 is 14.6 Å². The van der Waals surface area contributed by atoms with Crippen LogP contribution in [0.3, 0.4) is 0 Å². The molecule has 0 bridgehead atoms. The molecule has 0 aromatic heterocycles. The molecule has 0 radical (unpaired) electrons. The zero-order chi connectivity index (χ0) is 14.5. The standard InChI is InChI=1S/C15H22N2O3/c1-10(2)11(7-8-18)17-15(19)14-9-16-12-5-3-4-6-13(12)20-14/h3-6,10-11,14,16,18H,7-9H2,1-2H3,(H,17,19). The van der Waals surface area contributed by atoms with E-state index in [1.807, 2.05) is 38.1 Å². The molecule has 1 aromatic carbocycles. The highest BCUT2D eigenvalue weighted by Gasteiger charge is 2.27. The maximum atomic E-state index is 12.2. The molecule has 110 valence electrons. The molecule has 20 heavy (non-hydrogen) atoms. The van der Waals surface area contributed by atoms with Crippen molar-refractivity contribution >= 4 is 11.6 Å². The molecule has 0 saturated heterocycles. The van der Waals surface area contributed by atoms with E-state index in [1.54, 1.807) is 0 Å². The van der Waals surface area contributed by atoms with Gasteiger partial charge in [0, 0.05) is 12.6 Å². The summed E-state index contributed by atoms with van der Waals surface area (Å²) in [7, 11) is 0. The number of carbonyl (C=O) groups is 1. The lowest BCUT2D eigenvalue weighted by Crippen LogP contribution is -2.49. The number of para-hydroxylation sites is 2. The number of aliphatic hydroxyl groups excluding tert-OH is 1. The first-order chi connectivity index (χ1) is 9.61. The number of hydrogen-bond acceptors (Lipinski definition) is 4. The molecule has 1 aliphatic heterocycles. The van der Waals surface area contributed by atoms with Gasteiger partial charge in [-0.1, -0.05) is 26.0 Å². The first-order valence-corrected chi connectivity index (χ1v) is 7.02. The molecule has 2 unspecified atom stereocenters. The normalized spacial score (nSPS) is 18.7. The maximum absolute atomic E-state index is 12.2. The third-order valence-corrected chi connectivity index (χ3v) is 3.50. The van der Waals surface area contributed by atoms with E-state index >= 15 is 0 Å². The number of anilines is 1. The molecule has 3 N–H and O–H groups in total. The van der Waals surface area contributed by atoms with E-state index in [4.69, 9.17) is 9.84 Å². The van der Waals surface area contributed by atoms with Gasteiger partial charge in [0.2, 0.25) is 0 Å². The molecule has 5 nitrogen and oxygen atoms in total. The summed E-state index contributed by atoms with van der Waals surface area (Å²) in [6.07, 6.45) is 0.0185. The van der Waals surface area contributed by atoms with Gasteiger partial charge in [0.15, 0.2) is 6.10 Å². The minimum atomic E-state index is -0.537. The summed E-state index contributed by atoms with van der Waals surface area (Å²) < 4.78 is 5.72. The molecule has 2 atom stereocenters. The lowest BCUT2D eigenvalue weighted by molar-refractivity contribution is -0.128. The van der Waals surface area contributed by atoms with Crippen molar-refractivity contribution in [1.82, 2.24) is 5.32 Å². The SMILES string of the molecule is CC(C)C(CCO)NC(=O)C1CNc2ccccc2O1. The van der Waals surface area contributed by atoms with Crippen LogP contribution in [-0.2, 0) is 4.79 Å². The first kappa shape index (κ1) is 14.7. The van der Waals surface area contributed by atoms with Gasteiger partial charge in [-0.15, -0.1) is 0 Å². The number of benzene rings is 1. The maximum Gasteiger partial charge on any atom is 0.263 e. The third kappa shape index (κ3) is 3.42. The molecular formula is C15H22N2O3. The summed E-state index contributed by atoms with van der Waals surface area (Å²) in [6.45, 7) is 4.56. The van der Waals surface area contributed by atoms with Gasteiger partial charge in [-0.05, 0) is 24.5 Å². The number of fused-ring (bicyclic) bond motifs is 1. The summed E-state index contributed by atoms with van der Waals surface area (Å²) >= 11 is 0. The summed E-state index contributed by atoms with van der Waals surface area (Å²) in [6, 6.07) is 7.53. The monoisotopic (exact) mass is 278 g/mol. The van der Waals surface area contributed by atoms with Gasteiger partial charge in [-0.25, -0.2) is 0 Å². The van der Waals surface area contributed by atoms with Crippen LogP contribution in [0.4, 0.5) is 5.69 Å². The van der Waals surface area contributed by atoms with Crippen molar-refractivity contribution in [2.24, 2.45) is 5.92 Å². The predicted octanol–water partition coefficient (Wildman–Crippen LogP) is 1.38. The quantitative estimate of drug-likeness (QED) is 0.761. The van der Waals surface area contributed by atoms with Gasteiger partial charge in [-0.2, -0.15) is 0 Å². The number of nitrogens with one attached hydrogen (secondary N) is 2. The van der Waals surface area contributed by atoms with Gasteiger partial charge in [0.05, 0.1) is 12.2 Å². The van der Waals surface area contributed by atoms with Crippen molar-refractivity contribution in [2.75, 3.05) is 18.5 Å². The largest absolute Gasteiger partial charge is 0.477 e. The molecule has 1 heterocycles. The van der Waals surface area contributed by atoms with Gasteiger partial charge in [0.1, 0.15) is 5.75 Å². The van der Waals surface area contributed by atoms with Crippen LogP contribution in [0.1, 0.15) is 20.3 Å². The zero-order valence-corrected chi connectivity index (χ0v) is 11.9. The molecule has 0 saturated carbocycles. The van der Waals surface area contributed by atoms with E-state index in [0.717, 1.165) is 5.69 Å². The smallest absolute Gasteiger partial charge is 0.263 e. The fourth-order valence-electron chi connectivity index (χ4n) is 2.25. The van der Waals surface area contributed by atoms with Crippen molar-refractivity contribution in [2.45, 2.75) is 32.4 Å². The van der Waals surface area contributed by atoms with Crippen LogP contribution in [0.15, 0.2) is 24.3 Å². The summed E-state index contributed by atoms with van der Waals surface area (Å²) in [5, 5.41) is 15.2. The molecule has 0 fully saturated rings. The van der Waals surface area contributed by atoms with Crippen LogP contribution in [0.2, 0.25) is 0 Å². The van der Waals surface area contributed by atoms with Crippen LogP contribution in [0, 0.1) is 5.92 Å². The minimum absolute atomic E-state index is 0.0340. The summed E-state index contributed by atoms with van der Waals surface area (Å²) in [5.41, 5.74) is 0.910. The van der Waals surface area contributed by atoms with Crippen LogP contribution in [-0.4, -0.2) is 36.3 Å². The Bertz CT molecular complexity index is 462. The number of hydrogen-bond donors (Lipinski definition) is 3.